The van der Waals surface area contributed by atoms with Crippen LogP contribution in [0.4, 0.5) is 11.5 Å². The van der Waals surface area contributed by atoms with Gasteiger partial charge in [-0.15, -0.1) is 0 Å². The Morgan fingerprint density at radius 2 is 1.96 bits per heavy atom. The summed E-state index contributed by atoms with van der Waals surface area (Å²) < 4.78 is 2.16. The Kier molecular flexibility index (Phi) is 4.44. The summed E-state index contributed by atoms with van der Waals surface area (Å²) in [5, 5.41) is 3.54. The summed E-state index contributed by atoms with van der Waals surface area (Å²) in [7, 11) is 0. The van der Waals surface area contributed by atoms with E-state index in [-0.39, 0.29) is 5.28 Å². The molecule has 4 rings (SSSR count). The van der Waals surface area contributed by atoms with Crippen molar-refractivity contribution in [1.82, 2.24) is 19.5 Å². The quantitative estimate of drug-likeness (QED) is 0.541. The van der Waals surface area contributed by atoms with Crippen LogP contribution in [0.1, 0.15) is 43.7 Å². The SMILES string of the molecule is Nc1ccccc1CNc1nc(Cl)nc2c1ncn2C1CCCCC1. The first-order chi connectivity index (χ1) is 12.2. The Balaban J connectivity index is 1.65. The van der Waals surface area contributed by atoms with E-state index in [9.17, 15) is 0 Å². The third kappa shape index (κ3) is 3.26. The molecule has 3 N–H and O–H groups in total. The van der Waals surface area contributed by atoms with Gasteiger partial charge in [0.25, 0.3) is 0 Å². The number of nitrogens with two attached hydrogens (primary N) is 1. The molecule has 0 unspecified atom stereocenters. The van der Waals surface area contributed by atoms with E-state index in [4.69, 9.17) is 17.3 Å². The lowest BCUT2D eigenvalue weighted by Crippen LogP contribution is -2.12. The first kappa shape index (κ1) is 16.1. The minimum Gasteiger partial charge on any atom is -0.398 e. The molecule has 0 saturated heterocycles. The van der Waals surface area contributed by atoms with Gasteiger partial charge >= 0.3 is 0 Å². The molecule has 1 aromatic carbocycles. The molecule has 1 aliphatic rings. The smallest absolute Gasteiger partial charge is 0.226 e. The zero-order valence-electron chi connectivity index (χ0n) is 14.0. The number of hydrogen-bond donors (Lipinski definition) is 2. The molecule has 0 aliphatic heterocycles. The standard InChI is InChI=1S/C18H21ClN6/c19-18-23-16(21-10-12-6-4-5-9-14(12)20)15-17(24-18)25(11-22-15)13-7-2-1-3-8-13/h4-6,9,11,13H,1-3,7-8,10,20H2,(H,21,23,24). The Labute approximate surface area is 151 Å². The lowest BCUT2D eigenvalue weighted by atomic mass is 9.95. The van der Waals surface area contributed by atoms with Crippen LogP contribution in [0.2, 0.25) is 5.28 Å². The van der Waals surface area contributed by atoms with E-state index in [2.05, 4.69) is 24.8 Å². The molecule has 3 aromatic rings. The highest BCUT2D eigenvalue weighted by Crippen LogP contribution is 2.32. The second-order valence-corrected chi connectivity index (χ2v) is 6.85. The molecular weight excluding hydrogens is 336 g/mol. The Bertz CT molecular complexity index is 884. The molecule has 0 bridgehead atoms. The average molecular weight is 357 g/mol. The molecule has 0 amide bonds. The van der Waals surface area contributed by atoms with Crippen molar-refractivity contribution in [2.45, 2.75) is 44.7 Å². The average Bonchev–Trinajstić information content (AvgIpc) is 3.05. The summed E-state index contributed by atoms with van der Waals surface area (Å²) in [6, 6.07) is 8.21. The van der Waals surface area contributed by atoms with E-state index in [1.54, 1.807) is 0 Å². The van der Waals surface area contributed by atoms with Crippen molar-refractivity contribution in [2.75, 3.05) is 11.1 Å². The van der Waals surface area contributed by atoms with Crippen molar-refractivity contribution in [3.8, 4) is 0 Å². The molecule has 0 spiro atoms. The number of para-hydroxylation sites is 1. The number of nitrogen functional groups attached to an aromatic ring is 1. The number of halogens is 1. The van der Waals surface area contributed by atoms with Crippen molar-refractivity contribution in [2.24, 2.45) is 0 Å². The summed E-state index contributed by atoms with van der Waals surface area (Å²) in [5.41, 5.74) is 9.33. The van der Waals surface area contributed by atoms with Crippen LogP contribution in [0.15, 0.2) is 30.6 Å². The number of aromatic nitrogens is 4. The van der Waals surface area contributed by atoms with E-state index in [1.165, 1.54) is 19.3 Å². The van der Waals surface area contributed by atoms with Crippen molar-refractivity contribution < 1.29 is 0 Å². The molecular formula is C18H21ClN6. The molecule has 25 heavy (non-hydrogen) atoms. The zero-order valence-corrected chi connectivity index (χ0v) is 14.7. The molecule has 2 heterocycles. The number of rotatable bonds is 4. The number of anilines is 2. The van der Waals surface area contributed by atoms with Crippen LogP contribution in [-0.2, 0) is 6.54 Å². The second kappa shape index (κ2) is 6.88. The summed E-state index contributed by atoms with van der Waals surface area (Å²) in [4.78, 5) is 13.3. The van der Waals surface area contributed by atoms with Crippen LogP contribution >= 0.6 is 11.6 Å². The van der Waals surface area contributed by atoms with Crippen molar-refractivity contribution in [3.05, 3.63) is 41.4 Å². The number of benzene rings is 1. The fourth-order valence-corrected chi connectivity index (χ4v) is 3.68. The maximum atomic E-state index is 6.18. The van der Waals surface area contributed by atoms with Crippen LogP contribution in [0.25, 0.3) is 11.2 Å². The van der Waals surface area contributed by atoms with Crippen molar-refractivity contribution >= 4 is 34.3 Å². The number of nitrogens with zero attached hydrogens (tertiary/aromatic N) is 4. The topological polar surface area (TPSA) is 81.7 Å². The molecule has 130 valence electrons. The lowest BCUT2D eigenvalue weighted by molar-refractivity contribution is 0.358. The van der Waals surface area contributed by atoms with Gasteiger partial charge in [0.1, 0.15) is 0 Å². The summed E-state index contributed by atoms with van der Waals surface area (Å²) in [6.45, 7) is 0.561. The monoisotopic (exact) mass is 356 g/mol. The van der Waals surface area contributed by atoms with Gasteiger partial charge < -0.3 is 15.6 Å². The predicted molar refractivity (Wildman–Crippen MR) is 101 cm³/mol. The highest BCUT2D eigenvalue weighted by Gasteiger charge is 2.20. The van der Waals surface area contributed by atoms with E-state index in [0.29, 0.717) is 18.4 Å². The van der Waals surface area contributed by atoms with Gasteiger partial charge in [-0.2, -0.15) is 9.97 Å². The molecule has 1 saturated carbocycles. The van der Waals surface area contributed by atoms with Gasteiger partial charge in [-0.25, -0.2) is 4.98 Å². The number of fused-ring (bicyclic) bond motifs is 1. The highest BCUT2D eigenvalue weighted by molar-refractivity contribution is 6.28. The predicted octanol–water partition coefficient (Wildman–Crippen LogP) is 4.18. The first-order valence-electron chi connectivity index (χ1n) is 8.69. The summed E-state index contributed by atoms with van der Waals surface area (Å²) in [5.74, 6) is 0.646. The summed E-state index contributed by atoms with van der Waals surface area (Å²) in [6.07, 6.45) is 8.01. The van der Waals surface area contributed by atoms with E-state index >= 15 is 0 Å². The largest absolute Gasteiger partial charge is 0.398 e. The fourth-order valence-electron chi connectivity index (χ4n) is 3.51. The summed E-state index contributed by atoms with van der Waals surface area (Å²) >= 11 is 6.18. The Hall–Kier alpha value is -2.34. The minimum atomic E-state index is 0.230. The second-order valence-electron chi connectivity index (χ2n) is 6.51. The number of nitrogens with one attached hydrogen (secondary N) is 1. The normalized spacial score (nSPS) is 15.6. The van der Waals surface area contributed by atoms with Crippen LogP contribution < -0.4 is 11.1 Å². The van der Waals surface area contributed by atoms with Crippen molar-refractivity contribution in [1.29, 1.82) is 0 Å². The Morgan fingerprint density at radius 3 is 2.76 bits per heavy atom. The minimum absolute atomic E-state index is 0.230. The van der Waals surface area contributed by atoms with Gasteiger partial charge in [0.15, 0.2) is 17.0 Å². The van der Waals surface area contributed by atoms with Crippen molar-refractivity contribution in [3.63, 3.8) is 0 Å². The van der Waals surface area contributed by atoms with Gasteiger partial charge in [-0.1, -0.05) is 37.5 Å². The number of hydrogen-bond acceptors (Lipinski definition) is 5. The molecule has 6 nitrogen and oxygen atoms in total. The van der Waals surface area contributed by atoms with Crippen LogP contribution in [0, 0.1) is 0 Å². The van der Waals surface area contributed by atoms with E-state index in [0.717, 1.165) is 35.3 Å². The molecule has 2 aromatic heterocycles. The van der Waals surface area contributed by atoms with Gasteiger partial charge in [0, 0.05) is 18.3 Å². The van der Waals surface area contributed by atoms with Gasteiger partial charge in [0.05, 0.1) is 6.33 Å². The van der Waals surface area contributed by atoms with Gasteiger partial charge in [0.2, 0.25) is 5.28 Å². The third-order valence-electron chi connectivity index (χ3n) is 4.86. The van der Waals surface area contributed by atoms with Crippen LogP contribution in [0.5, 0.6) is 0 Å². The zero-order chi connectivity index (χ0) is 17.2. The number of imidazole rings is 1. The van der Waals surface area contributed by atoms with Crippen LogP contribution in [0.3, 0.4) is 0 Å². The molecule has 1 fully saturated rings. The maximum absolute atomic E-state index is 6.18. The van der Waals surface area contributed by atoms with E-state index in [1.807, 2.05) is 30.6 Å². The molecule has 1 aliphatic carbocycles. The molecule has 0 atom stereocenters. The van der Waals surface area contributed by atoms with E-state index < -0.39 is 0 Å². The van der Waals surface area contributed by atoms with Gasteiger partial charge in [-0.05, 0) is 36.1 Å². The molecule has 7 heteroatoms. The maximum Gasteiger partial charge on any atom is 0.226 e. The fraction of sp³-hybridized carbons (Fsp3) is 0.389. The lowest BCUT2D eigenvalue weighted by Gasteiger charge is -2.23. The Morgan fingerprint density at radius 1 is 1.16 bits per heavy atom. The molecule has 0 radical (unpaired) electrons. The highest BCUT2D eigenvalue weighted by atomic mass is 35.5. The van der Waals surface area contributed by atoms with Crippen LogP contribution in [-0.4, -0.2) is 19.5 Å². The first-order valence-corrected chi connectivity index (χ1v) is 9.07. The van der Waals surface area contributed by atoms with Gasteiger partial charge in [-0.3, -0.25) is 0 Å². The third-order valence-corrected chi connectivity index (χ3v) is 5.03.